The van der Waals surface area contributed by atoms with Crippen molar-refractivity contribution >= 4 is 5.91 Å². The van der Waals surface area contributed by atoms with Crippen LogP contribution < -0.4 is 5.32 Å². The van der Waals surface area contributed by atoms with Crippen molar-refractivity contribution in [3.8, 4) is 6.07 Å². The minimum atomic E-state index is -0.302. The van der Waals surface area contributed by atoms with E-state index in [1.807, 2.05) is 38.2 Å². The monoisotopic (exact) mass is 231 g/mol. The summed E-state index contributed by atoms with van der Waals surface area (Å²) in [6.07, 6.45) is 5.15. The molecular formula is C13H17N3O. The first kappa shape index (κ1) is 13.2. The summed E-state index contributed by atoms with van der Waals surface area (Å²) in [5.41, 5.74) is 0.846. The quantitative estimate of drug-likeness (QED) is 0.840. The molecule has 0 aliphatic rings. The molecule has 4 heteroatoms. The van der Waals surface area contributed by atoms with E-state index in [2.05, 4.69) is 10.3 Å². The Balaban J connectivity index is 2.45. The van der Waals surface area contributed by atoms with Crippen molar-refractivity contribution in [1.82, 2.24) is 10.3 Å². The number of hydrogen-bond donors (Lipinski definition) is 1. The van der Waals surface area contributed by atoms with Gasteiger partial charge in [-0.1, -0.05) is 6.07 Å². The molecule has 0 unspecified atom stereocenters. The Labute approximate surface area is 102 Å². The highest BCUT2D eigenvalue weighted by Crippen LogP contribution is 2.13. The van der Waals surface area contributed by atoms with Crippen LogP contribution in [0.4, 0.5) is 0 Å². The Morgan fingerprint density at radius 2 is 2.35 bits per heavy atom. The number of carbonyl (C=O) groups excluding carboxylic acids is 1. The van der Waals surface area contributed by atoms with E-state index < -0.39 is 0 Å². The lowest BCUT2D eigenvalue weighted by Crippen LogP contribution is -2.43. The van der Waals surface area contributed by atoms with Crippen LogP contribution >= 0.6 is 0 Å². The van der Waals surface area contributed by atoms with Gasteiger partial charge in [0.1, 0.15) is 6.42 Å². The highest BCUT2D eigenvalue weighted by atomic mass is 16.1. The van der Waals surface area contributed by atoms with E-state index in [0.29, 0.717) is 0 Å². The third kappa shape index (κ3) is 5.12. The summed E-state index contributed by atoms with van der Waals surface area (Å²) in [4.78, 5) is 15.4. The van der Waals surface area contributed by atoms with Crippen LogP contribution in [0.1, 0.15) is 32.3 Å². The maximum absolute atomic E-state index is 11.3. The zero-order chi connectivity index (χ0) is 12.7. The molecule has 0 fully saturated rings. The van der Waals surface area contributed by atoms with Gasteiger partial charge in [-0.15, -0.1) is 0 Å². The summed E-state index contributed by atoms with van der Waals surface area (Å²) in [7, 11) is 0. The summed E-state index contributed by atoms with van der Waals surface area (Å²) in [6, 6.07) is 5.76. The molecule has 1 aromatic rings. The second-order valence-electron chi connectivity index (χ2n) is 4.63. The first-order valence-electron chi connectivity index (χ1n) is 5.60. The fourth-order valence-corrected chi connectivity index (χ4v) is 1.56. The maximum atomic E-state index is 11.3. The smallest absolute Gasteiger partial charge is 0.234 e. The molecule has 1 heterocycles. The third-order valence-corrected chi connectivity index (χ3v) is 2.48. The number of hydrogen-bond acceptors (Lipinski definition) is 3. The van der Waals surface area contributed by atoms with Crippen LogP contribution in [0.5, 0.6) is 0 Å². The second kappa shape index (κ2) is 6.00. The molecule has 1 rings (SSSR count). The van der Waals surface area contributed by atoms with Gasteiger partial charge < -0.3 is 5.32 Å². The topological polar surface area (TPSA) is 65.8 Å². The van der Waals surface area contributed by atoms with E-state index in [4.69, 9.17) is 5.26 Å². The molecule has 4 nitrogen and oxygen atoms in total. The zero-order valence-electron chi connectivity index (χ0n) is 10.2. The normalized spacial score (nSPS) is 10.6. The summed E-state index contributed by atoms with van der Waals surface area (Å²) in [5.74, 6) is -0.219. The Kier molecular flexibility index (Phi) is 4.65. The van der Waals surface area contributed by atoms with Crippen molar-refractivity contribution in [2.75, 3.05) is 0 Å². The van der Waals surface area contributed by atoms with Gasteiger partial charge in [0.15, 0.2) is 0 Å². The van der Waals surface area contributed by atoms with E-state index in [1.54, 1.807) is 6.20 Å². The lowest BCUT2D eigenvalue weighted by atomic mass is 9.95. The average Bonchev–Trinajstić information content (AvgIpc) is 2.27. The van der Waals surface area contributed by atoms with Crippen LogP contribution in [0.25, 0.3) is 0 Å². The van der Waals surface area contributed by atoms with Crippen LogP contribution in [0.15, 0.2) is 24.5 Å². The highest BCUT2D eigenvalue weighted by Gasteiger charge is 2.19. The number of amides is 1. The number of aromatic nitrogens is 1. The van der Waals surface area contributed by atoms with Gasteiger partial charge >= 0.3 is 0 Å². The fourth-order valence-electron chi connectivity index (χ4n) is 1.56. The zero-order valence-corrected chi connectivity index (χ0v) is 10.2. The molecule has 0 atom stereocenters. The minimum Gasteiger partial charge on any atom is -0.350 e. The molecular weight excluding hydrogens is 214 g/mol. The van der Waals surface area contributed by atoms with Crippen LogP contribution in [-0.4, -0.2) is 16.4 Å². The van der Waals surface area contributed by atoms with Gasteiger partial charge in [-0.2, -0.15) is 5.26 Å². The van der Waals surface area contributed by atoms with E-state index in [-0.39, 0.29) is 17.9 Å². The number of carbonyl (C=O) groups is 1. The van der Waals surface area contributed by atoms with Gasteiger partial charge in [-0.3, -0.25) is 9.78 Å². The lowest BCUT2D eigenvalue weighted by molar-refractivity contribution is -0.121. The molecule has 0 spiro atoms. The molecule has 1 N–H and O–H groups in total. The van der Waals surface area contributed by atoms with Crippen LogP contribution in [0.3, 0.4) is 0 Å². The van der Waals surface area contributed by atoms with Gasteiger partial charge in [0.05, 0.1) is 6.07 Å². The standard InChI is InChI=1S/C13H17N3O/c1-13(2,16-12(17)6-8-14)7-5-11-4-3-9-15-10-11/h3-4,9-10H,5-7H2,1-2H3,(H,16,17). The van der Waals surface area contributed by atoms with Crippen LogP contribution in [0, 0.1) is 11.3 Å². The third-order valence-electron chi connectivity index (χ3n) is 2.48. The van der Waals surface area contributed by atoms with E-state index in [9.17, 15) is 4.79 Å². The van der Waals surface area contributed by atoms with Gasteiger partial charge in [-0.25, -0.2) is 0 Å². The van der Waals surface area contributed by atoms with Gasteiger partial charge in [0.25, 0.3) is 0 Å². The number of nitrogens with one attached hydrogen (secondary N) is 1. The molecule has 90 valence electrons. The number of pyridine rings is 1. The van der Waals surface area contributed by atoms with Gasteiger partial charge in [0.2, 0.25) is 5.91 Å². The predicted molar refractivity (Wildman–Crippen MR) is 65.0 cm³/mol. The van der Waals surface area contributed by atoms with Crippen molar-refractivity contribution in [3.05, 3.63) is 30.1 Å². The molecule has 1 aromatic heterocycles. The van der Waals surface area contributed by atoms with Crippen molar-refractivity contribution in [2.24, 2.45) is 0 Å². The Bertz CT molecular complexity index is 406. The van der Waals surface area contributed by atoms with Crippen molar-refractivity contribution in [2.45, 2.75) is 38.6 Å². The number of rotatable bonds is 5. The largest absolute Gasteiger partial charge is 0.350 e. The van der Waals surface area contributed by atoms with Crippen molar-refractivity contribution in [3.63, 3.8) is 0 Å². The summed E-state index contributed by atoms with van der Waals surface area (Å²) >= 11 is 0. The molecule has 0 aliphatic carbocycles. The van der Waals surface area contributed by atoms with E-state index in [1.165, 1.54) is 0 Å². The summed E-state index contributed by atoms with van der Waals surface area (Å²) in [6.45, 7) is 3.91. The fraction of sp³-hybridized carbons (Fsp3) is 0.462. The van der Waals surface area contributed by atoms with Crippen molar-refractivity contribution < 1.29 is 4.79 Å². The SMILES string of the molecule is CC(C)(CCc1cccnc1)NC(=O)CC#N. The highest BCUT2D eigenvalue weighted by molar-refractivity contribution is 5.78. The molecule has 0 bridgehead atoms. The number of nitrogens with zero attached hydrogens (tertiary/aromatic N) is 2. The van der Waals surface area contributed by atoms with E-state index in [0.717, 1.165) is 18.4 Å². The molecule has 0 aromatic carbocycles. The Hall–Kier alpha value is -1.89. The molecule has 1 amide bonds. The molecule has 0 saturated carbocycles. The molecule has 0 radical (unpaired) electrons. The molecule has 0 aliphatic heterocycles. The summed E-state index contributed by atoms with van der Waals surface area (Å²) < 4.78 is 0. The van der Waals surface area contributed by atoms with E-state index >= 15 is 0 Å². The lowest BCUT2D eigenvalue weighted by Gasteiger charge is -2.25. The van der Waals surface area contributed by atoms with Gasteiger partial charge in [0, 0.05) is 17.9 Å². The number of nitriles is 1. The van der Waals surface area contributed by atoms with Crippen molar-refractivity contribution in [1.29, 1.82) is 5.26 Å². The Morgan fingerprint density at radius 3 is 2.94 bits per heavy atom. The summed E-state index contributed by atoms with van der Waals surface area (Å²) in [5, 5.41) is 11.3. The molecule has 0 saturated heterocycles. The Morgan fingerprint density at radius 1 is 1.59 bits per heavy atom. The first-order chi connectivity index (χ1) is 8.03. The van der Waals surface area contributed by atoms with Gasteiger partial charge in [-0.05, 0) is 38.3 Å². The second-order valence-corrected chi connectivity index (χ2v) is 4.63. The van der Waals surface area contributed by atoms with Crippen LogP contribution in [-0.2, 0) is 11.2 Å². The predicted octanol–water partition coefficient (Wildman–Crippen LogP) is 1.82. The average molecular weight is 231 g/mol. The van der Waals surface area contributed by atoms with Crippen LogP contribution in [0.2, 0.25) is 0 Å². The number of aryl methyl sites for hydroxylation is 1. The minimum absolute atomic E-state index is 0.0870. The molecule has 17 heavy (non-hydrogen) atoms. The first-order valence-corrected chi connectivity index (χ1v) is 5.60. The maximum Gasteiger partial charge on any atom is 0.234 e.